The maximum atomic E-state index is 13.8. The standard InChI is InChI=1S/C21H15ClF3N3O3S/c22-11-4-5-14-13(8-11)18(12-3-1-2-10-6-7-31-17(10)12)32-15(9-16(29)30)19-26-27-20(28(14)19)21(23,24)25/h1-5,8,15,18H,6-7,9H2,(H,29,30). The van der Waals surface area contributed by atoms with Gasteiger partial charge in [-0.25, -0.2) is 0 Å². The van der Waals surface area contributed by atoms with E-state index in [0.29, 0.717) is 22.9 Å². The Hall–Kier alpha value is -2.72. The Morgan fingerprint density at radius 1 is 1.25 bits per heavy atom. The summed E-state index contributed by atoms with van der Waals surface area (Å²) in [5, 5.41) is 15.6. The maximum absolute atomic E-state index is 13.8. The Kier molecular flexibility index (Phi) is 5.09. The van der Waals surface area contributed by atoms with Crippen LogP contribution in [-0.2, 0) is 17.4 Å². The van der Waals surface area contributed by atoms with Gasteiger partial charge in [0.25, 0.3) is 0 Å². The lowest BCUT2D eigenvalue weighted by atomic mass is 9.99. The Balaban J connectivity index is 1.79. The number of fused-ring (bicyclic) bond motifs is 4. The molecule has 2 unspecified atom stereocenters. The van der Waals surface area contributed by atoms with E-state index in [1.54, 1.807) is 6.07 Å². The molecule has 2 aliphatic heterocycles. The average molecular weight is 482 g/mol. The quantitative estimate of drug-likeness (QED) is 0.552. The number of carbonyl (C=O) groups is 1. The molecule has 1 aromatic heterocycles. The highest BCUT2D eigenvalue weighted by Gasteiger charge is 2.43. The van der Waals surface area contributed by atoms with E-state index in [0.717, 1.165) is 22.1 Å². The van der Waals surface area contributed by atoms with Crippen molar-refractivity contribution in [3.05, 3.63) is 69.8 Å². The third-order valence-corrected chi connectivity index (χ3v) is 7.15. The van der Waals surface area contributed by atoms with E-state index in [1.807, 2.05) is 18.2 Å². The largest absolute Gasteiger partial charge is 0.493 e. The number of ether oxygens (including phenoxy) is 1. The number of thioether (sulfide) groups is 1. The second kappa shape index (κ2) is 7.70. The normalized spacial score (nSPS) is 19.5. The number of alkyl halides is 3. The molecule has 1 N–H and O–H groups in total. The molecule has 2 aromatic carbocycles. The zero-order valence-electron chi connectivity index (χ0n) is 16.3. The van der Waals surface area contributed by atoms with Crippen LogP contribution < -0.4 is 4.74 Å². The molecule has 32 heavy (non-hydrogen) atoms. The Labute approximate surface area is 189 Å². The molecular weight excluding hydrogens is 467 g/mol. The highest BCUT2D eigenvalue weighted by atomic mass is 35.5. The number of benzene rings is 2. The van der Waals surface area contributed by atoms with Gasteiger partial charge in [-0.3, -0.25) is 9.36 Å². The van der Waals surface area contributed by atoms with Crippen molar-refractivity contribution in [3.8, 4) is 11.4 Å². The van der Waals surface area contributed by atoms with Crippen LogP contribution >= 0.6 is 23.4 Å². The van der Waals surface area contributed by atoms with Crippen molar-refractivity contribution < 1.29 is 27.8 Å². The van der Waals surface area contributed by atoms with Crippen LogP contribution in [0.4, 0.5) is 13.2 Å². The summed E-state index contributed by atoms with van der Waals surface area (Å²) < 4.78 is 48.2. The van der Waals surface area contributed by atoms with Gasteiger partial charge in [0.05, 0.1) is 29.2 Å². The second-order valence-electron chi connectivity index (χ2n) is 7.45. The summed E-state index contributed by atoms with van der Waals surface area (Å²) in [6.07, 6.45) is -4.47. The van der Waals surface area contributed by atoms with E-state index < -0.39 is 34.9 Å². The molecule has 2 atom stereocenters. The molecule has 0 aliphatic carbocycles. The predicted octanol–water partition coefficient (Wildman–Crippen LogP) is 5.23. The second-order valence-corrected chi connectivity index (χ2v) is 9.20. The van der Waals surface area contributed by atoms with Crippen molar-refractivity contribution in [1.82, 2.24) is 14.8 Å². The van der Waals surface area contributed by atoms with Crippen molar-refractivity contribution in [2.45, 2.75) is 29.5 Å². The van der Waals surface area contributed by atoms with E-state index in [4.69, 9.17) is 16.3 Å². The summed E-state index contributed by atoms with van der Waals surface area (Å²) in [6.45, 7) is 0.508. The molecule has 0 fully saturated rings. The van der Waals surface area contributed by atoms with Gasteiger partial charge in [0, 0.05) is 17.0 Å². The number of hydrogen-bond acceptors (Lipinski definition) is 5. The average Bonchev–Trinajstić information content (AvgIpc) is 3.35. The van der Waals surface area contributed by atoms with Crippen LogP contribution in [-0.4, -0.2) is 32.4 Å². The fraction of sp³-hybridized carbons (Fsp3) is 0.286. The van der Waals surface area contributed by atoms with E-state index in [2.05, 4.69) is 10.2 Å². The Morgan fingerprint density at radius 2 is 2.06 bits per heavy atom. The Morgan fingerprint density at radius 3 is 2.81 bits per heavy atom. The number of carboxylic acid groups (broad SMARTS) is 1. The first kappa shape index (κ1) is 21.1. The van der Waals surface area contributed by atoms with Crippen molar-refractivity contribution >= 4 is 29.3 Å². The minimum absolute atomic E-state index is 0.0655. The third-order valence-electron chi connectivity index (χ3n) is 5.43. The Bertz CT molecular complexity index is 1230. The third kappa shape index (κ3) is 3.51. The molecule has 11 heteroatoms. The lowest BCUT2D eigenvalue weighted by Crippen LogP contribution is -2.16. The maximum Gasteiger partial charge on any atom is 0.452 e. The van der Waals surface area contributed by atoms with E-state index in [-0.39, 0.29) is 11.5 Å². The summed E-state index contributed by atoms with van der Waals surface area (Å²) in [5.74, 6) is -1.74. The number of rotatable bonds is 3. The van der Waals surface area contributed by atoms with Gasteiger partial charge in [0.2, 0.25) is 5.82 Å². The van der Waals surface area contributed by atoms with Gasteiger partial charge in [-0.05, 0) is 29.3 Å². The molecule has 3 aromatic rings. The van der Waals surface area contributed by atoms with Gasteiger partial charge in [0.1, 0.15) is 5.75 Å². The number of aliphatic carboxylic acids is 1. The summed E-state index contributed by atoms with van der Waals surface area (Å²) in [6, 6.07) is 10.2. The predicted molar refractivity (Wildman–Crippen MR) is 111 cm³/mol. The fourth-order valence-corrected chi connectivity index (χ4v) is 5.84. The number of aromatic nitrogens is 3. The zero-order valence-corrected chi connectivity index (χ0v) is 17.8. The number of nitrogens with zero attached hydrogens (tertiary/aromatic N) is 3. The SMILES string of the molecule is O=C(O)CC1SC(c2cccc3c2OCC3)c2cc(Cl)ccc2-n2c1nnc2C(F)(F)F. The van der Waals surface area contributed by atoms with Crippen LogP contribution in [0.1, 0.15) is 45.3 Å². The lowest BCUT2D eigenvalue weighted by molar-refractivity contribution is -0.146. The molecule has 2 aliphatic rings. The molecule has 166 valence electrons. The first-order chi connectivity index (χ1) is 15.2. The smallest absolute Gasteiger partial charge is 0.452 e. The molecule has 0 bridgehead atoms. The monoisotopic (exact) mass is 481 g/mol. The minimum Gasteiger partial charge on any atom is -0.493 e. The summed E-state index contributed by atoms with van der Waals surface area (Å²) in [7, 11) is 0. The number of halogens is 4. The number of para-hydroxylation sites is 1. The van der Waals surface area contributed by atoms with Crippen LogP contribution in [0.25, 0.3) is 5.69 Å². The molecule has 3 heterocycles. The summed E-state index contributed by atoms with van der Waals surface area (Å²) in [5.41, 5.74) is 2.48. The topological polar surface area (TPSA) is 77.2 Å². The lowest BCUT2D eigenvalue weighted by Gasteiger charge is -2.22. The first-order valence-electron chi connectivity index (χ1n) is 9.68. The fourth-order valence-electron chi connectivity index (χ4n) is 4.15. The van der Waals surface area contributed by atoms with Gasteiger partial charge < -0.3 is 9.84 Å². The number of hydrogen-bond donors (Lipinski definition) is 1. The van der Waals surface area contributed by atoms with E-state index >= 15 is 0 Å². The number of carboxylic acids is 1. The van der Waals surface area contributed by atoms with Crippen molar-refractivity contribution in [1.29, 1.82) is 0 Å². The molecule has 0 spiro atoms. The van der Waals surface area contributed by atoms with Crippen LogP contribution in [0.2, 0.25) is 5.02 Å². The molecule has 0 radical (unpaired) electrons. The minimum atomic E-state index is -4.78. The van der Waals surface area contributed by atoms with Gasteiger partial charge in [-0.2, -0.15) is 13.2 Å². The molecular formula is C21H15ClF3N3O3S. The molecule has 0 saturated heterocycles. The van der Waals surface area contributed by atoms with Crippen LogP contribution in [0.3, 0.4) is 0 Å². The molecule has 0 saturated carbocycles. The van der Waals surface area contributed by atoms with Crippen molar-refractivity contribution in [3.63, 3.8) is 0 Å². The van der Waals surface area contributed by atoms with E-state index in [9.17, 15) is 23.1 Å². The zero-order chi connectivity index (χ0) is 22.6. The van der Waals surface area contributed by atoms with Crippen molar-refractivity contribution in [2.24, 2.45) is 0 Å². The summed E-state index contributed by atoms with van der Waals surface area (Å²) >= 11 is 7.46. The van der Waals surface area contributed by atoms with Crippen LogP contribution in [0.5, 0.6) is 5.75 Å². The van der Waals surface area contributed by atoms with Crippen LogP contribution in [0, 0.1) is 0 Å². The highest BCUT2D eigenvalue weighted by molar-refractivity contribution is 8.00. The molecule has 5 rings (SSSR count). The van der Waals surface area contributed by atoms with Gasteiger partial charge in [-0.1, -0.05) is 29.8 Å². The van der Waals surface area contributed by atoms with Gasteiger partial charge in [-0.15, -0.1) is 22.0 Å². The first-order valence-corrected chi connectivity index (χ1v) is 11.0. The molecule has 6 nitrogen and oxygen atoms in total. The highest BCUT2D eigenvalue weighted by Crippen LogP contribution is 2.54. The van der Waals surface area contributed by atoms with Gasteiger partial charge in [0.15, 0.2) is 5.82 Å². The summed E-state index contributed by atoms with van der Waals surface area (Å²) in [4.78, 5) is 11.6. The van der Waals surface area contributed by atoms with E-state index in [1.165, 1.54) is 23.9 Å². The molecule has 0 amide bonds. The van der Waals surface area contributed by atoms with Crippen molar-refractivity contribution in [2.75, 3.05) is 6.61 Å². The van der Waals surface area contributed by atoms with Gasteiger partial charge >= 0.3 is 12.1 Å². The van der Waals surface area contributed by atoms with Crippen LogP contribution in [0.15, 0.2) is 36.4 Å².